The minimum Gasteiger partial charge on any atom is -0.361 e. The number of hydrogen-bond acceptors (Lipinski definition) is 2. The van der Waals surface area contributed by atoms with Gasteiger partial charge >= 0.3 is 0 Å². The van der Waals surface area contributed by atoms with Crippen LogP contribution in [0, 0.1) is 6.92 Å². The van der Waals surface area contributed by atoms with Crippen molar-refractivity contribution >= 4 is 0 Å². The topological polar surface area (TPSA) is 26.0 Å². The summed E-state index contributed by atoms with van der Waals surface area (Å²) in [4.78, 5) is 0. The molecule has 0 aliphatic carbocycles. The molecule has 0 N–H and O–H groups in total. The Hall–Kier alpha value is -0.790. The van der Waals surface area contributed by atoms with Crippen molar-refractivity contribution in [3.63, 3.8) is 0 Å². The zero-order valence-electron chi connectivity index (χ0n) is 15.7. The summed E-state index contributed by atoms with van der Waals surface area (Å²) < 4.78 is 5.23. The van der Waals surface area contributed by atoms with Gasteiger partial charge in [0, 0.05) is 12.5 Å². The van der Waals surface area contributed by atoms with E-state index in [2.05, 4.69) is 18.1 Å². The molecule has 0 spiro atoms. The first-order valence-corrected chi connectivity index (χ1v) is 10.2. The van der Waals surface area contributed by atoms with Crippen LogP contribution in [0.5, 0.6) is 0 Å². The molecule has 0 aliphatic heterocycles. The lowest BCUT2D eigenvalue weighted by Gasteiger charge is -2.03. The van der Waals surface area contributed by atoms with Gasteiger partial charge in [-0.1, -0.05) is 102 Å². The van der Waals surface area contributed by atoms with Gasteiger partial charge in [-0.3, -0.25) is 0 Å². The fraction of sp³-hybridized carbons (Fsp3) is 0.857. The highest BCUT2D eigenvalue weighted by Gasteiger charge is 2.00. The third-order valence-electron chi connectivity index (χ3n) is 4.70. The molecule has 0 bridgehead atoms. The summed E-state index contributed by atoms with van der Waals surface area (Å²) in [6.45, 7) is 4.27. The molecule has 0 atom stereocenters. The number of unbranched alkanes of at least 4 members (excludes halogenated alkanes) is 14. The quantitative estimate of drug-likeness (QED) is 0.296. The van der Waals surface area contributed by atoms with Crippen molar-refractivity contribution < 1.29 is 4.52 Å². The predicted octanol–water partition coefficient (Wildman–Crippen LogP) is 7.40. The van der Waals surface area contributed by atoms with Gasteiger partial charge in [-0.15, -0.1) is 0 Å². The zero-order chi connectivity index (χ0) is 16.6. The second kappa shape index (κ2) is 14.8. The van der Waals surface area contributed by atoms with E-state index in [1.54, 1.807) is 0 Å². The van der Waals surface area contributed by atoms with Crippen LogP contribution >= 0.6 is 0 Å². The van der Waals surface area contributed by atoms with Crippen LogP contribution < -0.4 is 0 Å². The van der Waals surface area contributed by atoms with E-state index in [-0.39, 0.29) is 0 Å². The Morgan fingerprint density at radius 2 is 1.13 bits per heavy atom. The third-order valence-corrected chi connectivity index (χ3v) is 4.70. The Bertz CT molecular complexity index is 358. The first kappa shape index (κ1) is 20.3. The van der Waals surface area contributed by atoms with E-state index < -0.39 is 0 Å². The molecule has 1 heterocycles. The first-order chi connectivity index (χ1) is 11.3. The lowest BCUT2D eigenvalue weighted by molar-refractivity contribution is 0.375. The average Bonchev–Trinajstić information content (AvgIpc) is 2.96. The largest absolute Gasteiger partial charge is 0.361 e. The van der Waals surface area contributed by atoms with E-state index >= 15 is 0 Å². The maximum absolute atomic E-state index is 5.23. The standard InChI is InChI=1S/C21H39NO/c1-3-4-5-6-7-8-9-10-11-12-13-14-15-16-17-18-21-19-20(2)22-23-21/h19H,3-18H2,1-2H3. The SMILES string of the molecule is CCCCCCCCCCCCCCCCCc1cc(C)no1. The maximum atomic E-state index is 5.23. The second-order valence-electron chi connectivity index (χ2n) is 7.13. The lowest BCUT2D eigenvalue weighted by Crippen LogP contribution is -1.85. The van der Waals surface area contributed by atoms with Gasteiger partial charge in [-0.05, 0) is 13.3 Å². The Kier molecular flexibility index (Phi) is 13.0. The van der Waals surface area contributed by atoms with Gasteiger partial charge in [0.05, 0.1) is 5.69 Å². The van der Waals surface area contributed by atoms with Crippen LogP contribution in [0.1, 0.15) is 115 Å². The second-order valence-corrected chi connectivity index (χ2v) is 7.13. The molecule has 0 unspecified atom stereocenters. The van der Waals surface area contributed by atoms with Crippen LogP contribution in [-0.2, 0) is 6.42 Å². The molecule has 0 radical (unpaired) electrons. The van der Waals surface area contributed by atoms with Gasteiger partial charge in [-0.2, -0.15) is 0 Å². The van der Waals surface area contributed by atoms with Gasteiger partial charge in [0.15, 0.2) is 0 Å². The normalized spacial score (nSPS) is 11.2. The predicted molar refractivity (Wildman–Crippen MR) is 99.9 cm³/mol. The van der Waals surface area contributed by atoms with Crippen LogP contribution in [-0.4, -0.2) is 5.16 Å². The molecule has 1 aromatic heterocycles. The van der Waals surface area contributed by atoms with Crippen molar-refractivity contribution in [1.82, 2.24) is 5.16 Å². The molecule has 1 aromatic rings. The Morgan fingerprint density at radius 3 is 1.52 bits per heavy atom. The smallest absolute Gasteiger partial charge is 0.136 e. The van der Waals surface area contributed by atoms with E-state index in [0.29, 0.717) is 0 Å². The van der Waals surface area contributed by atoms with Crippen molar-refractivity contribution in [3.05, 3.63) is 17.5 Å². The summed E-state index contributed by atoms with van der Waals surface area (Å²) >= 11 is 0. The monoisotopic (exact) mass is 321 g/mol. The van der Waals surface area contributed by atoms with Crippen molar-refractivity contribution in [1.29, 1.82) is 0 Å². The molecule has 0 aliphatic rings. The summed E-state index contributed by atoms with van der Waals surface area (Å²) in [5, 5.41) is 3.93. The Morgan fingerprint density at radius 1 is 0.696 bits per heavy atom. The molecule has 23 heavy (non-hydrogen) atoms. The summed E-state index contributed by atoms with van der Waals surface area (Å²) in [5.41, 5.74) is 1.00. The molecule has 1 rings (SSSR count). The Labute approximate surface area is 144 Å². The lowest BCUT2D eigenvalue weighted by atomic mass is 10.0. The molecular weight excluding hydrogens is 282 g/mol. The number of rotatable bonds is 16. The van der Waals surface area contributed by atoms with Crippen LogP contribution in [0.4, 0.5) is 0 Å². The Balaban J connectivity index is 1.71. The van der Waals surface area contributed by atoms with Crippen molar-refractivity contribution in [2.24, 2.45) is 0 Å². The molecule has 0 fully saturated rings. The average molecular weight is 322 g/mol. The molecule has 0 saturated heterocycles. The van der Waals surface area contributed by atoms with Gasteiger partial charge < -0.3 is 4.52 Å². The van der Waals surface area contributed by atoms with E-state index in [0.717, 1.165) is 17.9 Å². The third kappa shape index (κ3) is 12.3. The molecule has 0 aromatic carbocycles. The van der Waals surface area contributed by atoms with Crippen molar-refractivity contribution in [2.45, 2.75) is 117 Å². The van der Waals surface area contributed by atoms with Gasteiger partial charge in [0.1, 0.15) is 5.76 Å². The van der Waals surface area contributed by atoms with E-state index in [9.17, 15) is 0 Å². The fourth-order valence-electron chi connectivity index (χ4n) is 3.20. The molecular formula is C21H39NO. The van der Waals surface area contributed by atoms with E-state index in [1.165, 1.54) is 96.3 Å². The molecule has 0 amide bonds. The molecule has 2 heteroatoms. The maximum Gasteiger partial charge on any atom is 0.136 e. The summed E-state index contributed by atoms with van der Waals surface area (Å²) in [6.07, 6.45) is 22.3. The van der Waals surface area contributed by atoms with Gasteiger partial charge in [-0.25, -0.2) is 0 Å². The van der Waals surface area contributed by atoms with Crippen LogP contribution in [0.25, 0.3) is 0 Å². The van der Waals surface area contributed by atoms with Crippen molar-refractivity contribution in [2.75, 3.05) is 0 Å². The fourth-order valence-corrected chi connectivity index (χ4v) is 3.20. The van der Waals surface area contributed by atoms with Crippen LogP contribution in [0.3, 0.4) is 0 Å². The highest BCUT2D eigenvalue weighted by Crippen LogP contribution is 2.14. The van der Waals surface area contributed by atoms with Gasteiger partial charge in [0.2, 0.25) is 0 Å². The highest BCUT2D eigenvalue weighted by atomic mass is 16.5. The summed E-state index contributed by atoms with van der Waals surface area (Å²) in [6, 6.07) is 2.06. The minimum atomic E-state index is 1.00. The summed E-state index contributed by atoms with van der Waals surface area (Å²) in [5.74, 6) is 1.05. The zero-order valence-corrected chi connectivity index (χ0v) is 15.7. The van der Waals surface area contributed by atoms with E-state index in [1.807, 2.05) is 6.92 Å². The number of aromatic nitrogens is 1. The van der Waals surface area contributed by atoms with Crippen LogP contribution in [0.15, 0.2) is 10.6 Å². The number of nitrogens with zero attached hydrogens (tertiary/aromatic N) is 1. The summed E-state index contributed by atoms with van der Waals surface area (Å²) in [7, 11) is 0. The number of hydrogen-bond donors (Lipinski definition) is 0. The van der Waals surface area contributed by atoms with Crippen LogP contribution in [0.2, 0.25) is 0 Å². The minimum absolute atomic E-state index is 1.00. The van der Waals surface area contributed by atoms with Crippen molar-refractivity contribution in [3.8, 4) is 0 Å². The molecule has 0 saturated carbocycles. The molecule has 2 nitrogen and oxygen atoms in total. The van der Waals surface area contributed by atoms with Gasteiger partial charge in [0.25, 0.3) is 0 Å². The first-order valence-electron chi connectivity index (χ1n) is 10.2. The van der Waals surface area contributed by atoms with E-state index in [4.69, 9.17) is 4.52 Å². The highest BCUT2D eigenvalue weighted by molar-refractivity contribution is 5.02. The number of aryl methyl sites for hydroxylation is 2. The molecule has 134 valence electrons.